The summed E-state index contributed by atoms with van der Waals surface area (Å²) in [5.41, 5.74) is 2.82. The number of hydrogen-bond donors (Lipinski definition) is 0. The standard InChI is InChI=1S/C25H20N4O5/c1-25(2,3)34-24(31)28-7-6-15-21(23(28)30)19-13-8-17-18(33-11-32-17)9-16(13)29-22-12(10-26-29)4-5-14(27-15)20(19)22/h4-5,8-10H,6-7,11H2,1-3H3. The summed E-state index contributed by atoms with van der Waals surface area (Å²) in [6, 6.07) is 7.71. The van der Waals surface area contributed by atoms with Crippen molar-refractivity contribution in [2.75, 3.05) is 13.3 Å². The van der Waals surface area contributed by atoms with Crippen LogP contribution in [0.4, 0.5) is 4.79 Å². The van der Waals surface area contributed by atoms with Gasteiger partial charge in [-0.2, -0.15) is 5.10 Å². The molecule has 2 aliphatic rings. The molecule has 170 valence electrons. The van der Waals surface area contributed by atoms with Crippen molar-refractivity contribution < 1.29 is 23.8 Å². The van der Waals surface area contributed by atoms with Gasteiger partial charge in [0.05, 0.1) is 34.0 Å². The van der Waals surface area contributed by atoms with Crippen molar-refractivity contribution in [1.82, 2.24) is 19.5 Å². The van der Waals surface area contributed by atoms with E-state index in [1.807, 2.05) is 28.8 Å². The molecule has 2 aliphatic heterocycles. The van der Waals surface area contributed by atoms with E-state index in [2.05, 4.69) is 5.10 Å². The molecule has 0 aliphatic carbocycles. The molecule has 7 rings (SSSR count). The molecule has 0 N–H and O–H groups in total. The zero-order valence-corrected chi connectivity index (χ0v) is 18.8. The highest BCUT2D eigenvalue weighted by atomic mass is 16.7. The smallest absolute Gasteiger partial charge is 0.417 e. The average Bonchev–Trinajstić information content (AvgIpc) is 3.42. The maximum absolute atomic E-state index is 13.8. The number of carbonyl (C=O) groups excluding carboxylic acids is 2. The molecule has 9 nitrogen and oxygen atoms in total. The molecular formula is C25H20N4O5. The molecule has 3 aromatic heterocycles. The van der Waals surface area contributed by atoms with Crippen LogP contribution in [0.5, 0.6) is 11.5 Å². The van der Waals surface area contributed by atoms with Crippen molar-refractivity contribution in [3.05, 3.63) is 41.7 Å². The second-order valence-electron chi connectivity index (χ2n) is 9.67. The highest BCUT2D eigenvalue weighted by molar-refractivity contribution is 6.28. The van der Waals surface area contributed by atoms with Gasteiger partial charge in [0.25, 0.3) is 5.91 Å². The van der Waals surface area contributed by atoms with Crippen LogP contribution in [0.15, 0.2) is 30.5 Å². The Hall–Kier alpha value is -4.14. The number of hydrogen-bond acceptors (Lipinski definition) is 7. The van der Waals surface area contributed by atoms with Crippen molar-refractivity contribution in [3.63, 3.8) is 0 Å². The zero-order valence-electron chi connectivity index (χ0n) is 18.8. The number of ether oxygens (including phenoxy) is 3. The van der Waals surface area contributed by atoms with Crippen molar-refractivity contribution in [1.29, 1.82) is 0 Å². The molecular weight excluding hydrogens is 436 g/mol. The number of fused-ring (bicyclic) bond motifs is 6. The molecule has 34 heavy (non-hydrogen) atoms. The molecule has 2 aromatic carbocycles. The summed E-state index contributed by atoms with van der Waals surface area (Å²) < 4.78 is 18.6. The number of aromatic nitrogens is 3. The SMILES string of the molecule is CC(C)(C)OC(=O)N1CCc2nc3ccc4cnn5c6cc7c(cc6c(c2C1=O)c3c45)OCO7. The first-order chi connectivity index (χ1) is 16.3. The molecule has 5 aromatic rings. The third-order valence-electron chi connectivity index (χ3n) is 6.39. The number of nitrogens with zero attached hydrogens (tertiary/aromatic N) is 4. The normalized spacial score (nSPS) is 15.7. The van der Waals surface area contributed by atoms with Crippen LogP contribution in [-0.4, -0.2) is 50.4 Å². The summed E-state index contributed by atoms with van der Waals surface area (Å²) >= 11 is 0. The van der Waals surface area contributed by atoms with E-state index in [-0.39, 0.29) is 13.3 Å². The summed E-state index contributed by atoms with van der Waals surface area (Å²) in [7, 11) is 0. The van der Waals surface area contributed by atoms with E-state index in [9.17, 15) is 9.59 Å². The Kier molecular flexibility index (Phi) is 3.56. The first-order valence-electron chi connectivity index (χ1n) is 11.1. The van der Waals surface area contributed by atoms with Gasteiger partial charge in [0.1, 0.15) is 5.60 Å². The maximum atomic E-state index is 13.8. The third kappa shape index (κ3) is 2.49. The minimum atomic E-state index is -0.712. The van der Waals surface area contributed by atoms with Crippen LogP contribution < -0.4 is 9.47 Å². The number of rotatable bonds is 0. The second-order valence-corrected chi connectivity index (χ2v) is 9.67. The van der Waals surface area contributed by atoms with E-state index >= 15 is 0 Å². The molecule has 5 heterocycles. The lowest BCUT2D eigenvalue weighted by Gasteiger charge is -2.30. The van der Waals surface area contributed by atoms with Gasteiger partial charge >= 0.3 is 6.09 Å². The molecule has 9 heteroatoms. The fraction of sp³-hybridized carbons (Fsp3) is 0.280. The molecule has 2 amide bonds. The number of imide groups is 1. The molecule has 0 unspecified atom stereocenters. The van der Waals surface area contributed by atoms with Gasteiger partial charge in [0.15, 0.2) is 11.5 Å². The van der Waals surface area contributed by atoms with Crippen molar-refractivity contribution in [2.45, 2.75) is 32.8 Å². The second kappa shape index (κ2) is 6.25. The Labute approximate surface area is 193 Å². The minimum Gasteiger partial charge on any atom is -0.454 e. The van der Waals surface area contributed by atoms with E-state index in [1.165, 1.54) is 4.90 Å². The lowest BCUT2D eigenvalue weighted by atomic mass is 9.93. The van der Waals surface area contributed by atoms with Gasteiger partial charge in [0, 0.05) is 40.6 Å². The first-order valence-corrected chi connectivity index (χ1v) is 11.1. The fourth-order valence-electron chi connectivity index (χ4n) is 5.03. The Balaban J connectivity index is 1.59. The van der Waals surface area contributed by atoms with E-state index in [1.54, 1.807) is 27.0 Å². The van der Waals surface area contributed by atoms with Crippen molar-refractivity contribution >= 4 is 50.1 Å². The van der Waals surface area contributed by atoms with Gasteiger partial charge in [-0.05, 0) is 39.0 Å². The van der Waals surface area contributed by atoms with Crippen LogP contribution in [-0.2, 0) is 11.2 Å². The van der Waals surface area contributed by atoms with Crippen LogP contribution in [0, 0.1) is 0 Å². The number of carbonyl (C=O) groups is 2. The van der Waals surface area contributed by atoms with Gasteiger partial charge in [-0.3, -0.25) is 9.78 Å². The van der Waals surface area contributed by atoms with Crippen LogP contribution in [0.3, 0.4) is 0 Å². The van der Waals surface area contributed by atoms with Gasteiger partial charge < -0.3 is 14.2 Å². The largest absolute Gasteiger partial charge is 0.454 e. The maximum Gasteiger partial charge on any atom is 0.417 e. The summed E-state index contributed by atoms with van der Waals surface area (Å²) in [5, 5.41) is 7.91. The Morgan fingerprint density at radius 1 is 1.12 bits per heavy atom. The predicted molar refractivity (Wildman–Crippen MR) is 124 cm³/mol. The van der Waals surface area contributed by atoms with Crippen LogP contribution in [0.1, 0.15) is 36.8 Å². The van der Waals surface area contributed by atoms with Gasteiger partial charge in [-0.25, -0.2) is 14.2 Å². The average molecular weight is 456 g/mol. The summed E-state index contributed by atoms with van der Waals surface area (Å²) in [6.45, 7) is 5.69. The van der Waals surface area contributed by atoms with Gasteiger partial charge in [-0.15, -0.1) is 0 Å². The third-order valence-corrected chi connectivity index (χ3v) is 6.39. The predicted octanol–water partition coefficient (Wildman–Crippen LogP) is 4.29. The highest BCUT2D eigenvalue weighted by Crippen LogP contribution is 2.44. The Morgan fingerprint density at radius 3 is 2.71 bits per heavy atom. The van der Waals surface area contributed by atoms with Crippen LogP contribution in [0.2, 0.25) is 0 Å². The molecule has 0 saturated heterocycles. The van der Waals surface area contributed by atoms with Gasteiger partial charge in [-0.1, -0.05) is 0 Å². The monoisotopic (exact) mass is 456 g/mol. The summed E-state index contributed by atoms with van der Waals surface area (Å²) in [5.74, 6) is 0.823. The minimum absolute atomic E-state index is 0.134. The molecule has 0 bridgehead atoms. The topological polar surface area (TPSA) is 95.3 Å². The van der Waals surface area contributed by atoms with E-state index in [0.717, 1.165) is 38.1 Å². The Morgan fingerprint density at radius 2 is 1.91 bits per heavy atom. The lowest BCUT2D eigenvalue weighted by molar-refractivity contribution is 0.0233. The van der Waals surface area contributed by atoms with Crippen LogP contribution in [0.25, 0.3) is 38.1 Å². The van der Waals surface area contributed by atoms with Crippen molar-refractivity contribution in [3.8, 4) is 11.5 Å². The van der Waals surface area contributed by atoms with E-state index < -0.39 is 17.6 Å². The van der Waals surface area contributed by atoms with E-state index in [4.69, 9.17) is 19.2 Å². The highest BCUT2D eigenvalue weighted by Gasteiger charge is 2.36. The number of pyridine rings is 2. The molecule has 0 atom stereocenters. The summed E-state index contributed by atoms with van der Waals surface area (Å²) in [4.78, 5) is 32.7. The quantitative estimate of drug-likeness (QED) is 0.253. The molecule has 0 saturated carbocycles. The first kappa shape index (κ1) is 19.3. The molecule has 0 radical (unpaired) electrons. The Bertz CT molecular complexity index is 1700. The molecule has 0 spiro atoms. The van der Waals surface area contributed by atoms with Crippen LogP contribution >= 0.6 is 0 Å². The number of benzene rings is 2. The lowest BCUT2D eigenvalue weighted by Crippen LogP contribution is -2.45. The van der Waals surface area contributed by atoms with E-state index in [0.29, 0.717) is 29.2 Å². The summed E-state index contributed by atoms with van der Waals surface area (Å²) in [6.07, 6.45) is 1.59. The zero-order chi connectivity index (χ0) is 23.4. The van der Waals surface area contributed by atoms with Crippen molar-refractivity contribution in [2.24, 2.45) is 0 Å². The number of amides is 2. The molecule has 0 fully saturated rings. The van der Waals surface area contributed by atoms with Gasteiger partial charge in [0.2, 0.25) is 6.79 Å². The fourth-order valence-corrected chi connectivity index (χ4v) is 5.03.